The molecule has 3 aliphatic rings. The Kier molecular flexibility index (Phi) is 6.14. The number of fused-ring (bicyclic) bond motifs is 3. The fourth-order valence-electron chi connectivity index (χ4n) is 4.59. The number of nitrogens with zero attached hydrogens (tertiary/aromatic N) is 3. The number of hydrazine groups is 1. The quantitative estimate of drug-likeness (QED) is 0.579. The number of halogens is 3. The molecule has 11 heteroatoms. The fourth-order valence-corrected chi connectivity index (χ4v) is 5.36. The van der Waals surface area contributed by atoms with Gasteiger partial charge < -0.3 is 15.2 Å². The number of nitrogens with one attached hydrogen (secondary N) is 3. The van der Waals surface area contributed by atoms with Gasteiger partial charge in [0.15, 0.2) is 5.17 Å². The van der Waals surface area contributed by atoms with Gasteiger partial charge in [-0.15, -0.1) is 0 Å². The van der Waals surface area contributed by atoms with E-state index in [0.29, 0.717) is 5.17 Å². The van der Waals surface area contributed by atoms with Gasteiger partial charge in [0.1, 0.15) is 6.17 Å². The van der Waals surface area contributed by atoms with Gasteiger partial charge in [-0.25, -0.2) is 5.43 Å². The van der Waals surface area contributed by atoms with Gasteiger partial charge in [-0.3, -0.25) is 10.2 Å². The minimum absolute atomic E-state index is 0.0194. The minimum Gasteiger partial charge on any atom is -0.325 e. The number of hydrazone groups is 1. The Bertz CT molecular complexity index is 1200. The number of anilines is 1. The number of amidine groups is 1. The van der Waals surface area contributed by atoms with Crippen LogP contribution in [0.2, 0.25) is 0 Å². The molecule has 2 aromatic carbocycles. The normalized spacial score (nSPS) is 23.0. The van der Waals surface area contributed by atoms with E-state index in [9.17, 15) is 18.0 Å². The van der Waals surface area contributed by atoms with Crippen molar-refractivity contribution >= 4 is 28.5 Å². The van der Waals surface area contributed by atoms with Crippen molar-refractivity contribution in [1.82, 2.24) is 20.8 Å². The van der Waals surface area contributed by atoms with Crippen LogP contribution in [0, 0.1) is 13.8 Å². The number of benzene rings is 2. The summed E-state index contributed by atoms with van der Waals surface area (Å²) in [6, 6.07) is 11.4. The van der Waals surface area contributed by atoms with Crippen LogP contribution in [0.3, 0.4) is 0 Å². The zero-order chi connectivity index (χ0) is 24.7. The van der Waals surface area contributed by atoms with E-state index < -0.39 is 17.6 Å². The molecule has 3 aliphatic heterocycles. The molecule has 1 fully saturated rings. The number of hydrogen-bond donors (Lipinski definition) is 3. The maximum absolute atomic E-state index is 12.9. The highest BCUT2D eigenvalue weighted by Crippen LogP contribution is 2.36. The standard InChI is InChI=1S/C24H25F3N6OS/c1-14-6-7-15(2)18(10-14)19-12-20-22-29-30-23(32(22)8-9-33(20)31-19)35-13-21(34)28-17-5-3-4-16(11-17)24(25,26)27/h3-11,19-20,22,29,31H,12-13H2,1-2H3,(H,28,34). The molecule has 2 aromatic rings. The molecule has 0 radical (unpaired) electrons. The molecule has 35 heavy (non-hydrogen) atoms. The number of aryl methyl sites for hydroxylation is 2. The summed E-state index contributed by atoms with van der Waals surface area (Å²) in [7, 11) is 0. The Morgan fingerprint density at radius 2 is 2.03 bits per heavy atom. The molecule has 1 saturated heterocycles. The molecular weight excluding hydrogens is 477 g/mol. The molecule has 0 bridgehead atoms. The Morgan fingerprint density at radius 3 is 2.83 bits per heavy atom. The van der Waals surface area contributed by atoms with E-state index in [1.54, 1.807) is 0 Å². The summed E-state index contributed by atoms with van der Waals surface area (Å²) in [5, 5.41) is 9.69. The van der Waals surface area contributed by atoms with Crippen molar-refractivity contribution in [3.63, 3.8) is 0 Å². The Labute approximate surface area is 205 Å². The van der Waals surface area contributed by atoms with Crippen LogP contribution in [0.4, 0.5) is 18.9 Å². The lowest BCUT2D eigenvalue weighted by atomic mass is 9.95. The molecular formula is C24H25F3N6OS. The van der Waals surface area contributed by atoms with Gasteiger partial charge >= 0.3 is 6.18 Å². The fraction of sp³-hybridized carbons (Fsp3) is 0.333. The summed E-state index contributed by atoms with van der Waals surface area (Å²) in [5.74, 6) is -0.383. The average molecular weight is 503 g/mol. The molecule has 7 nitrogen and oxygen atoms in total. The second-order valence-electron chi connectivity index (χ2n) is 8.84. The number of rotatable bonds is 4. The topological polar surface area (TPSA) is 72.0 Å². The first-order valence-corrected chi connectivity index (χ1v) is 12.2. The number of carbonyl (C=O) groups excluding carboxylic acids is 1. The third kappa shape index (κ3) is 4.83. The van der Waals surface area contributed by atoms with Gasteiger partial charge in [-0.1, -0.05) is 41.6 Å². The number of thioether (sulfide) groups is 1. The van der Waals surface area contributed by atoms with Crippen LogP contribution in [0.1, 0.15) is 34.7 Å². The summed E-state index contributed by atoms with van der Waals surface area (Å²) in [4.78, 5) is 14.4. The lowest BCUT2D eigenvalue weighted by Gasteiger charge is -2.36. The summed E-state index contributed by atoms with van der Waals surface area (Å²) >= 11 is 1.23. The van der Waals surface area contributed by atoms with Crippen LogP contribution < -0.4 is 16.2 Å². The molecule has 0 aliphatic carbocycles. The Balaban J connectivity index is 1.19. The summed E-state index contributed by atoms with van der Waals surface area (Å²) < 4.78 is 38.7. The van der Waals surface area contributed by atoms with E-state index in [0.717, 1.165) is 18.6 Å². The average Bonchev–Trinajstić information content (AvgIpc) is 3.42. The SMILES string of the molecule is Cc1ccc(C)c(C2CC3C4NN=C(SCC(=O)Nc5cccc(C(F)(F)F)c5)N4C=CN3N2)c1. The van der Waals surface area contributed by atoms with Crippen molar-refractivity contribution in [2.75, 3.05) is 11.1 Å². The van der Waals surface area contributed by atoms with E-state index >= 15 is 0 Å². The predicted octanol–water partition coefficient (Wildman–Crippen LogP) is 4.30. The summed E-state index contributed by atoms with van der Waals surface area (Å²) in [6.45, 7) is 4.21. The van der Waals surface area contributed by atoms with E-state index in [1.165, 1.54) is 40.6 Å². The van der Waals surface area contributed by atoms with Crippen molar-refractivity contribution in [3.8, 4) is 0 Å². The van der Waals surface area contributed by atoms with Gasteiger partial charge in [0.2, 0.25) is 5.91 Å². The van der Waals surface area contributed by atoms with Crippen molar-refractivity contribution in [2.45, 2.75) is 44.7 Å². The van der Waals surface area contributed by atoms with Gasteiger partial charge in [-0.2, -0.15) is 18.3 Å². The van der Waals surface area contributed by atoms with Crippen molar-refractivity contribution in [3.05, 3.63) is 77.1 Å². The first kappa shape index (κ1) is 23.6. The lowest BCUT2D eigenvalue weighted by molar-refractivity contribution is -0.137. The lowest BCUT2D eigenvalue weighted by Crippen LogP contribution is -2.54. The largest absolute Gasteiger partial charge is 0.416 e. The van der Waals surface area contributed by atoms with Crippen molar-refractivity contribution in [2.24, 2.45) is 5.10 Å². The highest BCUT2D eigenvalue weighted by atomic mass is 32.2. The zero-order valence-electron chi connectivity index (χ0n) is 19.1. The molecule has 184 valence electrons. The zero-order valence-corrected chi connectivity index (χ0v) is 20.0. The third-order valence-electron chi connectivity index (χ3n) is 6.32. The Hall–Kier alpha value is -3.18. The molecule has 3 atom stereocenters. The number of carbonyl (C=O) groups is 1. The first-order chi connectivity index (χ1) is 16.7. The second kappa shape index (κ2) is 9.12. The molecule has 0 spiro atoms. The minimum atomic E-state index is -4.46. The van der Waals surface area contributed by atoms with Gasteiger partial charge in [0.25, 0.3) is 0 Å². The molecule has 3 heterocycles. The molecule has 0 aromatic heterocycles. The number of alkyl halides is 3. The van der Waals surface area contributed by atoms with Crippen LogP contribution >= 0.6 is 11.8 Å². The molecule has 3 N–H and O–H groups in total. The van der Waals surface area contributed by atoms with Crippen LogP contribution in [-0.2, 0) is 11.0 Å². The smallest absolute Gasteiger partial charge is 0.325 e. The van der Waals surface area contributed by atoms with Gasteiger partial charge in [0.05, 0.1) is 23.4 Å². The summed E-state index contributed by atoms with van der Waals surface area (Å²) in [6.07, 6.45) is 0.215. The highest BCUT2D eigenvalue weighted by Gasteiger charge is 2.44. The Morgan fingerprint density at radius 1 is 1.20 bits per heavy atom. The van der Waals surface area contributed by atoms with E-state index in [4.69, 9.17) is 0 Å². The predicted molar refractivity (Wildman–Crippen MR) is 130 cm³/mol. The molecule has 3 unspecified atom stereocenters. The molecule has 0 saturated carbocycles. The van der Waals surface area contributed by atoms with Gasteiger partial charge in [0, 0.05) is 18.1 Å². The number of hydrogen-bond acceptors (Lipinski definition) is 7. The third-order valence-corrected chi connectivity index (χ3v) is 7.29. The molecule has 5 rings (SSSR count). The van der Waals surface area contributed by atoms with Crippen LogP contribution in [-0.4, -0.2) is 38.9 Å². The highest BCUT2D eigenvalue weighted by molar-refractivity contribution is 8.14. The van der Waals surface area contributed by atoms with Crippen LogP contribution in [0.5, 0.6) is 0 Å². The summed E-state index contributed by atoms with van der Waals surface area (Å²) in [5.41, 5.74) is 9.80. The van der Waals surface area contributed by atoms with E-state index in [1.807, 2.05) is 17.3 Å². The van der Waals surface area contributed by atoms with Gasteiger partial charge in [-0.05, 0) is 49.6 Å². The van der Waals surface area contributed by atoms with Crippen LogP contribution in [0.15, 0.2) is 60.0 Å². The van der Waals surface area contributed by atoms with Crippen molar-refractivity contribution < 1.29 is 18.0 Å². The van der Waals surface area contributed by atoms with Crippen molar-refractivity contribution in [1.29, 1.82) is 0 Å². The van der Waals surface area contributed by atoms with E-state index in [-0.39, 0.29) is 29.7 Å². The number of amides is 1. The second-order valence-corrected chi connectivity index (χ2v) is 9.78. The maximum atomic E-state index is 12.9. The molecule has 1 amide bonds. The maximum Gasteiger partial charge on any atom is 0.416 e. The monoisotopic (exact) mass is 502 g/mol. The van der Waals surface area contributed by atoms with E-state index in [2.05, 4.69) is 58.3 Å². The first-order valence-electron chi connectivity index (χ1n) is 11.2. The van der Waals surface area contributed by atoms with Crippen LogP contribution in [0.25, 0.3) is 0 Å².